The molecule has 134 valence electrons. The van der Waals surface area contributed by atoms with Gasteiger partial charge in [-0.15, -0.1) is 0 Å². The topological polar surface area (TPSA) is 111 Å². The van der Waals surface area contributed by atoms with E-state index in [-0.39, 0.29) is 17.9 Å². The van der Waals surface area contributed by atoms with E-state index in [4.69, 9.17) is 9.84 Å². The van der Waals surface area contributed by atoms with Crippen LogP contribution in [0, 0.1) is 10.1 Å². The van der Waals surface area contributed by atoms with Gasteiger partial charge in [-0.05, 0) is 12.5 Å². The van der Waals surface area contributed by atoms with Gasteiger partial charge in [-0.3, -0.25) is 14.9 Å². The lowest BCUT2D eigenvalue weighted by Crippen LogP contribution is -2.36. The van der Waals surface area contributed by atoms with E-state index in [2.05, 4.69) is 10.1 Å². The first kappa shape index (κ1) is 19.6. The van der Waals surface area contributed by atoms with Gasteiger partial charge in [0.05, 0.1) is 18.1 Å². The maximum absolute atomic E-state index is 12.4. The molecule has 0 fully saturated rings. The van der Waals surface area contributed by atoms with Crippen molar-refractivity contribution in [2.45, 2.75) is 39.0 Å². The Labute approximate surface area is 136 Å². The second kappa shape index (κ2) is 8.96. The summed E-state index contributed by atoms with van der Waals surface area (Å²) in [5.74, 6) is -1.66. The van der Waals surface area contributed by atoms with E-state index in [1.165, 1.54) is 13.2 Å². The highest BCUT2D eigenvalue weighted by atomic mass is 19.3. The van der Waals surface area contributed by atoms with Crippen molar-refractivity contribution in [1.29, 1.82) is 0 Å². The van der Waals surface area contributed by atoms with E-state index in [0.29, 0.717) is 12.8 Å². The first-order valence-electron chi connectivity index (χ1n) is 7.06. The highest BCUT2D eigenvalue weighted by Gasteiger charge is 2.23. The predicted molar refractivity (Wildman–Crippen MR) is 79.5 cm³/mol. The number of carboxylic acid groups (broad SMARTS) is 1. The minimum Gasteiger partial charge on any atom is -0.493 e. The zero-order chi connectivity index (χ0) is 18.3. The minimum absolute atomic E-state index is 0.0980. The SMILES string of the molecule is CCCC(NCc1cc(OC)c(OC(F)F)cc1[N+](=O)[O-])C(=O)O. The largest absolute Gasteiger partial charge is 0.493 e. The zero-order valence-electron chi connectivity index (χ0n) is 13.1. The van der Waals surface area contributed by atoms with Gasteiger partial charge in [0, 0.05) is 12.1 Å². The summed E-state index contributed by atoms with van der Waals surface area (Å²) >= 11 is 0. The Bertz CT molecular complexity index is 597. The average molecular weight is 348 g/mol. The number of nitrogens with one attached hydrogen (secondary N) is 1. The summed E-state index contributed by atoms with van der Waals surface area (Å²) in [6.45, 7) is -1.50. The third-order valence-electron chi connectivity index (χ3n) is 3.19. The van der Waals surface area contributed by atoms with Gasteiger partial charge in [0.2, 0.25) is 0 Å². The molecule has 0 spiro atoms. The van der Waals surface area contributed by atoms with E-state index >= 15 is 0 Å². The fourth-order valence-corrected chi connectivity index (χ4v) is 2.09. The molecule has 10 heteroatoms. The van der Waals surface area contributed by atoms with Gasteiger partial charge in [-0.25, -0.2) is 0 Å². The summed E-state index contributed by atoms with van der Waals surface area (Å²) in [5, 5.41) is 22.9. The molecule has 0 amide bonds. The Kier molecular flexibility index (Phi) is 7.31. The molecule has 0 aliphatic rings. The lowest BCUT2D eigenvalue weighted by molar-refractivity contribution is -0.385. The molecule has 2 N–H and O–H groups in total. The number of carbonyl (C=O) groups is 1. The lowest BCUT2D eigenvalue weighted by Gasteiger charge is -2.15. The molecule has 1 aromatic rings. The highest BCUT2D eigenvalue weighted by Crippen LogP contribution is 2.35. The summed E-state index contributed by atoms with van der Waals surface area (Å²) in [4.78, 5) is 21.5. The number of hydrogen-bond acceptors (Lipinski definition) is 6. The number of alkyl halides is 2. The van der Waals surface area contributed by atoms with Crippen molar-refractivity contribution in [3.63, 3.8) is 0 Å². The van der Waals surface area contributed by atoms with Gasteiger partial charge < -0.3 is 19.9 Å². The van der Waals surface area contributed by atoms with Crippen LogP contribution >= 0.6 is 0 Å². The van der Waals surface area contributed by atoms with Gasteiger partial charge in [-0.1, -0.05) is 13.3 Å². The van der Waals surface area contributed by atoms with Crippen LogP contribution in [0.3, 0.4) is 0 Å². The van der Waals surface area contributed by atoms with E-state index < -0.39 is 35.0 Å². The summed E-state index contributed by atoms with van der Waals surface area (Å²) in [6.07, 6.45) is 0.948. The van der Waals surface area contributed by atoms with Gasteiger partial charge in [0.25, 0.3) is 5.69 Å². The first-order chi connectivity index (χ1) is 11.3. The van der Waals surface area contributed by atoms with Crippen molar-refractivity contribution in [3.05, 3.63) is 27.8 Å². The first-order valence-corrected chi connectivity index (χ1v) is 7.06. The standard InChI is InChI=1S/C14H18F2N2O6/c1-3-4-9(13(19)20)17-7-8-5-11(23-2)12(24-14(15)16)6-10(8)18(21)22/h5-6,9,14,17H,3-4,7H2,1-2H3,(H,19,20). The quantitative estimate of drug-likeness (QED) is 0.494. The molecule has 1 atom stereocenters. The van der Waals surface area contributed by atoms with Gasteiger partial charge in [-0.2, -0.15) is 8.78 Å². The molecular weight excluding hydrogens is 330 g/mol. The number of halogens is 2. The third kappa shape index (κ3) is 5.30. The fourth-order valence-electron chi connectivity index (χ4n) is 2.09. The summed E-state index contributed by atoms with van der Waals surface area (Å²) in [6, 6.07) is 1.13. The van der Waals surface area contributed by atoms with Crippen molar-refractivity contribution in [2.75, 3.05) is 7.11 Å². The molecule has 0 aliphatic heterocycles. The molecule has 0 radical (unpaired) electrons. The second-order valence-electron chi connectivity index (χ2n) is 4.83. The van der Waals surface area contributed by atoms with Crippen LogP contribution in [0.15, 0.2) is 12.1 Å². The van der Waals surface area contributed by atoms with Crippen molar-refractivity contribution in [2.24, 2.45) is 0 Å². The molecule has 0 bridgehead atoms. The monoisotopic (exact) mass is 348 g/mol. The van der Waals surface area contributed by atoms with Crippen LogP contribution in [-0.2, 0) is 11.3 Å². The van der Waals surface area contributed by atoms with Crippen molar-refractivity contribution >= 4 is 11.7 Å². The number of carboxylic acids is 1. The number of nitrogens with zero attached hydrogens (tertiary/aromatic N) is 1. The number of ether oxygens (including phenoxy) is 2. The van der Waals surface area contributed by atoms with E-state index in [1.54, 1.807) is 6.92 Å². The third-order valence-corrected chi connectivity index (χ3v) is 3.19. The van der Waals surface area contributed by atoms with Crippen LogP contribution in [0.1, 0.15) is 25.3 Å². The van der Waals surface area contributed by atoms with Crippen molar-refractivity contribution < 1.29 is 33.1 Å². The number of rotatable bonds is 10. The van der Waals surface area contributed by atoms with E-state index in [0.717, 1.165) is 6.07 Å². The second-order valence-corrected chi connectivity index (χ2v) is 4.83. The molecule has 1 aromatic carbocycles. The van der Waals surface area contributed by atoms with Gasteiger partial charge >= 0.3 is 12.6 Å². The van der Waals surface area contributed by atoms with Crippen molar-refractivity contribution in [3.8, 4) is 11.5 Å². The lowest BCUT2D eigenvalue weighted by atomic mass is 10.1. The summed E-state index contributed by atoms with van der Waals surface area (Å²) in [7, 11) is 1.20. The van der Waals surface area contributed by atoms with Crippen LogP contribution in [0.4, 0.5) is 14.5 Å². The fraction of sp³-hybridized carbons (Fsp3) is 0.500. The maximum Gasteiger partial charge on any atom is 0.387 e. The van der Waals surface area contributed by atoms with Crippen LogP contribution in [-0.4, -0.2) is 35.8 Å². The molecule has 1 rings (SSSR count). The number of methoxy groups -OCH3 is 1. The number of nitro benzene ring substituents is 1. The molecule has 0 saturated carbocycles. The zero-order valence-corrected chi connectivity index (χ0v) is 13.1. The molecule has 24 heavy (non-hydrogen) atoms. The summed E-state index contributed by atoms with van der Waals surface area (Å²) in [5.41, 5.74) is -0.375. The van der Waals surface area contributed by atoms with Gasteiger partial charge in [0.15, 0.2) is 11.5 Å². The number of benzene rings is 1. The van der Waals surface area contributed by atoms with E-state index in [9.17, 15) is 23.7 Å². The van der Waals surface area contributed by atoms with Crippen molar-refractivity contribution in [1.82, 2.24) is 5.32 Å². The Morgan fingerprint density at radius 2 is 2.08 bits per heavy atom. The minimum atomic E-state index is -3.16. The summed E-state index contributed by atoms with van der Waals surface area (Å²) < 4.78 is 33.9. The Balaban J connectivity index is 3.12. The normalized spacial score (nSPS) is 12.0. The Morgan fingerprint density at radius 3 is 2.54 bits per heavy atom. The average Bonchev–Trinajstić information content (AvgIpc) is 2.50. The number of hydrogen-bond donors (Lipinski definition) is 2. The van der Waals surface area contributed by atoms with Gasteiger partial charge in [0.1, 0.15) is 6.04 Å². The van der Waals surface area contributed by atoms with Crippen LogP contribution in [0.2, 0.25) is 0 Å². The molecule has 1 unspecified atom stereocenters. The maximum atomic E-state index is 12.4. The Morgan fingerprint density at radius 1 is 1.42 bits per heavy atom. The molecule has 0 aromatic heterocycles. The van der Waals surface area contributed by atoms with E-state index in [1.807, 2.05) is 0 Å². The predicted octanol–water partition coefficient (Wildman–Crippen LogP) is 2.55. The van der Waals surface area contributed by atoms with Crippen LogP contribution < -0.4 is 14.8 Å². The number of aliphatic carboxylic acids is 1. The molecule has 8 nitrogen and oxygen atoms in total. The highest BCUT2D eigenvalue weighted by molar-refractivity contribution is 5.73. The molecule has 0 aliphatic carbocycles. The molecular formula is C14H18F2N2O6. The molecule has 0 saturated heterocycles. The number of nitro groups is 1. The van der Waals surface area contributed by atoms with Crippen LogP contribution in [0.25, 0.3) is 0 Å². The smallest absolute Gasteiger partial charge is 0.387 e. The Hall–Kier alpha value is -2.49. The molecule has 0 heterocycles. The van der Waals surface area contributed by atoms with Crippen LogP contribution in [0.5, 0.6) is 11.5 Å².